The zero-order valence-electron chi connectivity index (χ0n) is 10.1. The van der Waals surface area contributed by atoms with Crippen LogP contribution in [-0.2, 0) is 6.54 Å². The Balaban J connectivity index is 2.22. The molecule has 0 aromatic heterocycles. The van der Waals surface area contributed by atoms with E-state index in [0.29, 0.717) is 6.54 Å². The van der Waals surface area contributed by atoms with Crippen LogP contribution in [0.25, 0.3) is 0 Å². The van der Waals surface area contributed by atoms with Crippen LogP contribution in [0.5, 0.6) is 0 Å². The molecule has 4 nitrogen and oxygen atoms in total. The van der Waals surface area contributed by atoms with Gasteiger partial charge in [-0.05, 0) is 46.4 Å². The van der Waals surface area contributed by atoms with Crippen LogP contribution in [0.3, 0.4) is 0 Å². The van der Waals surface area contributed by atoms with E-state index in [1.165, 1.54) is 6.07 Å². The highest BCUT2D eigenvalue weighted by Crippen LogP contribution is 2.30. The maximum absolute atomic E-state index is 13.3. The molecule has 2 aromatic rings. The van der Waals surface area contributed by atoms with Gasteiger partial charge in [0.2, 0.25) is 0 Å². The first-order valence-corrected chi connectivity index (χ1v) is 7.05. The van der Waals surface area contributed by atoms with Crippen molar-refractivity contribution in [2.24, 2.45) is 0 Å². The van der Waals surface area contributed by atoms with E-state index in [2.05, 4.69) is 27.9 Å². The topological polar surface area (TPSA) is 55.2 Å². The standard InChI is InChI=1S/C13H9ClFIN2O2/c14-10-5-12(13(18(19)20)6-11(10)15)17-7-8-1-3-9(16)4-2-8/h1-6,17H,7H2. The summed E-state index contributed by atoms with van der Waals surface area (Å²) in [6, 6.07) is 9.73. The first kappa shape index (κ1) is 15.0. The molecule has 104 valence electrons. The van der Waals surface area contributed by atoms with Crippen molar-refractivity contribution in [2.45, 2.75) is 6.54 Å². The van der Waals surface area contributed by atoms with Crippen molar-refractivity contribution >= 4 is 45.6 Å². The average molecular weight is 407 g/mol. The van der Waals surface area contributed by atoms with Gasteiger partial charge in [0.05, 0.1) is 16.0 Å². The Morgan fingerprint density at radius 3 is 2.55 bits per heavy atom. The predicted octanol–water partition coefficient (Wildman–Crippen LogP) is 4.60. The normalized spacial score (nSPS) is 10.3. The molecule has 0 saturated heterocycles. The third-order valence-electron chi connectivity index (χ3n) is 2.63. The van der Waals surface area contributed by atoms with Gasteiger partial charge >= 0.3 is 0 Å². The number of halogens is 3. The molecule has 7 heteroatoms. The zero-order chi connectivity index (χ0) is 14.7. The molecule has 0 fully saturated rings. The summed E-state index contributed by atoms with van der Waals surface area (Å²) in [4.78, 5) is 10.3. The lowest BCUT2D eigenvalue weighted by Crippen LogP contribution is -2.03. The number of rotatable bonds is 4. The molecule has 0 aliphatic carbocycles. The summed E-state index contributed by atoms with van der Waals surface area (Å²) in [5, 5.41) is 13.6. The van der Waals surface area contributed by atoms with Crippen molar-refractivity contribution in [3.63, 3.8) is 0 Å². The molecule has 2 aromatic carbocycles. The summed E-state index contributed by atoms with van der Waals surface area (Å²) in [6.07, 6.45) is 0. The molecule has 0 unspecified atom stereocenters. The smallest absolute Gasteiger partial charge is 0.295 e. The average Bonchev–Trinajstić information content (AvgIpc) is 2.41. The second kappa shape index (κ2) is 6.36. The molecular formula is C13H9ClFIN2O2. The van der Waals surface area contributed by atoms with E-state index in [1.54, 1.807) is 0 Å². The van der Waals surface area contributed by atoms with E-state index in [-0.39, 0.29) is 16.4 Å². The van der Waals surface area contributed by atoms with E-state index >= 15 is 0 Å². The Hall–Kier alpha value is -1.41. The van der Waals surface area contributed by atoms with Crippen LogP contribution in [-0.4, -0.2) is 4.92 Å². The summed E-state index contributed by atoms with van der Waals surface area (Å²) in [6.45, 7) is 0.389. The molecule has 0 atom stereocenters. The van der Waals surface area contributed by atoms with E-state index < -0.39 is 10.7 Å². The zero-order valence-corrected chi connectivity index (χ0v) is 13.0. The van der Waals surface area contributed by atoms with Crippen molar-refractivity contribution in [2.75, 3.05) is 5.32 Å². The number of hydrogen-bond donors (Lipinski definition) is 1. The number of anilines is 1. The lowest BCUT2D eigenvalue weighted by atomic mass is 10.2. The third-order valence-corrected chi connectivity index (χ3v) is 3.64. The lowest BCUT2D eigenvalue weighted by Gasteiger charge is -2.08. The number of nitrogens with one attached hydrogen (secondary N) is 1. The number of hydrogen-bond acceptors (Lipinski definition) is 3. The Kier molecular flexibility index (Phi) is 4.77. The van der Waals surface area contributed by atoms with Gasteiger partial charge < -0.3 is 5.32 Å². The molecule has 0 spiro atoms. The van der Waals surface area contributed by atoms with Crippen molar-refractivity contribution in [3.05, 3.63) is 66.5 Å². The molecule has 0 aliphatic heterocycles. The van der Waals surface area contributed by atoms with Gasteiger partial charge in [-0.3, -0.25) is 10.1 Å². The van der Waals surface area contributed by atoms with E-state index in [4.69, 9.17) is 11.6 Å². The van der Waals surface area contributed by atoms with Gasteiger partial charge in [-0.25, -0.2) is 4.39 Å². The fraction of sp³-hybridized carbons (Fsp3) is 0.0769. The maximum Gasteiger partial charge on any atom is 0.295 e. The first-order valence-electron chi connectivity index (χ1n) is 5.59. The highest BCUT2D eigenvalue weighted by Gasteiger charge is 2.17. The van der Waals surface area contributed by atoms with E-state index in [1.807, 2.05) is 24.3 Å². The van der Waals surface area contributed by atoms with Gasteiger partial charge in [0, 0.05) is 10.1 Å². The minimum absolute atomic E-state index is 0.152. The molecule has 0 saturated carbocycles. The molecule has 0 bridgehead atoms. The molecule has 0 amide bonds. The highest BCUT2D eigenvalue weighted by molar-refractivity contribution is 14.1. The highest BCUT2D eigenvalue weighted by atomic mass is 127. The first-order chi connectivity index (χ1) is 9.47. The molecule has 0 heterocycles. The molecule has 0 aliphatic rings. The van der Waals surface area contributed by atoms with Crippen LogP contribution >= 0.6 is 34.2 Å². The van der Waals surface area contributed by atoms with Gasteiger partial charge in [-0.1, -0.05) is 23.7 Å². The summed E-state index contributed by atoms with van der Waals surface area (Å²) < 4.78 is 14.4. The number of benzene rings is 2. The summed E-state index contributed by atoms with van der Waals surface area (Å²) in [5.74, 6) is -0.807. The fourth-order valence-corrected chi connectivity index (χ4v) is 2.15. The van der Waals surface area contributed by atoms with E-state index in [9.17, 15) is 14.5 Å². The monoisotopic (exact) mass is 406 g/mol. The number of nitro groups is 1. The van der Waals surface area contributed by atoms with Crippen molar-refractivity contribution in [1.82, 2.24) is 0 Å². The lowest BCUT2D eigenvalue weighted by molar-refractivity contribution is -0.384. The second-order valence-electron chi connectivity index (χ2n) is 4.02. The van der Waals surface area contributed by atoms with Crippen LogP contribution in [0, 0.1) is 19.5 Å². The van der Waals surface area contributed by atoms with Crippen LogP contribution < -0.4 is 5.32 Å². The minimum Gasteiger partial charge on any atom is -0.375 e. The fourth-order valence-electron chi connectivity index (χ4n) is 1.63. The van der Waals surface area contributed by atoms with Gasteiger partial charge in [0.15, 0.2) is 0 Å². The Morgan fingerprint density at radius 2 is 1.95 bits per heavy atom. The summed E-state index contributed by atoms with van der Waals surface area (Å²) in [7, 11) is 0. The van der Waals surface area contributed by atoms with Crippen LogP contribution in [0.1, 0.15) is 5.56 Å². The van der Waals surface area contributed by atoms with Crippen molar-refractivity contribution in [1.29, 1.82) is 0 Å². The molecule has 1 N–H and O–H groups in total. The van der Waals surface area contributed by atoms with Crippen molar-refractivity contribution < 1.29 is 9.31 Å². The molecule has 0 radical (unpaired) electrons. The Morgan fingerprint density at radius 1 is 1.30 bits per heavy atom. The Bertz CT molecular complexity index is 650. The molecule has 20 heavy (non-hydrogen) atoms. The van der Waals surface area contributed by atoms with Gasteiger partial charge in [0.1, 0.15) is 11.5 Å². The second-order valence-corrected chi connectivity index (χ2v) is 5.67. The van der Waals surface area contributed by atoms with E-state index in [0.717, 1.165) is 15.2 Å². The summed E-state index contributed by atoms with van der Waals surface area (Å²) in [5.41, 5.74) is 0.817. The predicted molar refractivity (Wildman–Crippen MR) is 84.6 cm³/mol. The van der Waals surface area contributed by atoms with Gasteiger partial charge in [0.25, 0.3) is 5.69 Å². The number of nitrogens with zero attached hydrogens (tertiary/aromatic N) is 1. The van der Waals surface area contributed by atoms with Crippen molar-refractivity contribution in [3.8, 4) is 0 Å². The quantitative estimate of drug-likeness (QED) is 0.458. The minimum atomic E-state index is -0.807. The molecule has 2 rings (SSSR count). The maximum atomic E-state index is 13.3. The van der Waals surface area contributed by atoms with Crippen LogP contribution in [0.2, 0.25) is 5.02 Å². The van der Waals surface area contributed by atoms with Gasteiger partial charge in [-0.2, -0.15) is 0 Å². The number of nitro benzene ring substituents is 1. The van der Waals surface area contributed by atoms with Gasteiger partial charge in [-0.15, -0.1) is 0 Å². The van der Waals surface area contributed by atoms with Crippen LogP contribution in [0.4, 0.5) is 15.8 Å². The summed E-state index contributed by atoms with van der Waals surface area (Å²) >= 11 is 7.84. The SMILES string of the molecule is O=[N+]([O-])c1cc(F)c(Cl)cc1NCc1ccc(I)cc1. The Labute approximate surface area is 133 Å². The molecular weight excluding hydrogens is 398 g/mol. The van der Waals surface area contributed by atoms with Crippen LogP contribution in [0.15, 0.2) is 36.4 Å². The largest absolute Gasteiger partial charge is 0.375 e. The third kappa shape index (κ3) is 3.57.